The first-order valence-electron chi connectivity index (χ1n) is 9.70. The third kappa shape index (κ3) is 2.93. The van der Waals surface area contributed by atoms with Crippen LogP contribution in [0.25, 0.3) is 21.9 Å². The van der Waals surface area contributed by atoms with Crippen LogP contribution in [0.15, 0.2) is 24.4 Å². The summed E-state index contributed by atoms with van der Waals surface area (Å²) < 4.78 is 8.17. The molecular weight excluding hydrogens is 354 g/mol. The van der Waals surface area contributed by atoms with Gasteiger partial charge in [0.2, 0.25) is 0 Å². The SMILES string of the molecule is Cc1ccc2ncc3nc(Cn4nnc(C)n4)n([C@@H]4CCO[C@H](C)C4)c3c2c1. The lowest BCUT2D eigenvalue weighted by Gasteiger charge is -2.30. The summed E-state index contributed by atoms with van der Waals surface area (Å²) >= 11 is 0. The summed E-state index contributed by atoms with van der Waals surface area (Å²) in [6, 6.07) is 6.70. The van der Waals surface area contributed by atoms with Gasteiger partial charge in [-0.1, -0.05) is 11.6 Å². The molecule has 2 atom stereocenters. The lowest BCUT2D eigenvalue weighted by atomic mass is 10.0. The first-order valence-corrected chi connectivity index (χ1v) is 9.70. The summed E-state index contributed by atoms with van der Waals surface area (Å²) in [6.45, 7) is 7.32. The van der Waals surface area contributed by atoms with Crippen molar-refractivity contribution in [2.75, 3.05) is 6.61 Å². The Morgan fingerprint density at radius 1 is 1.21 bits per heavy atom. The molecule has 0 radical (unpaired) electrons. The van der Waals surface area contributed by atoms with E-state index >= 15 is 0 Å². The van der Waals surface area contributed by atoms with Crippen molar-refractivity contribution in [2.45, 2.75) is 52.3 Å². The Bertz CT molecular complexity index is 1160. The summed E-state index contributed by atoms with van der Waals surface area (Å²) in [5.74, 6) is 1.59. The highest BCUT2D eigenvalue weighted by atomic mass is 16.5. The second-order valence-electron chi connectivity index (χ2n) is 7.64. The minimum Gasteiger partial charge on any atom is -0.378 e. The molecule has 0 aliphatic carbocycles. The second kappa shape index (κ2) is 6.63. The van der Waals surface area contributed by atoms with Gasteiger partial charge in [0.05, 0.1) is 23.3 Å². The fraction of sp³-hybridized carbons (Fsp3) is 0.450. The van der Waals surface area contributed by atoms with Gasteiger partial charge in [-0.15, -0.1) is 10.2 Å². The van der Waals surface area contributed by atoms with Crippen LogP contribution in [0.5, 0.6) is 0 Å². The number of tetrazole rings is 1. The highest BCUT2D eigenvalue weighted by molar-refractivity contribution is 6.02. The van der Waals surface area contributed by atoms with Crippen molar-refractivity contribution >= 4 is 21.9 Å². The lowest BCUT2D eigenvalue weighted by Crippen LogP contribution is -2.27. The Kier molecular flexibility index (Phi) is 4.08. The third-order valence-electron chi connectivity index (χ3n) is 5.40. The first kappa shape index (κ1) is 17.2. The van der Waals surface area contributed by atoms with Crippen molar-refractivity contribution in [3.8, 4) is 0 Å². The van der Waals surface area contributed by atoms with Gasteiger partial charge in [0.1, 0.15) is 17.9 Å². The molecule has 0 N–H and O–H groups in total. The normalized spacial score (nSPS) is 20.2. The van der Waals surface area contributed by atoms with E-state index in [2.05, 4.69) is 57.0 Å². The second-order valence-corrected chi connectivity index (χ2v) is 7.64. The molecule has 0 saturated carbocycles. The number of rotatable bonds is 3. The average Bonchev–Trinajstić information content (AvgIpc) is 3.25. The smallest absolute Gasteiger partial charge is 0.171 e. The first-order chi connectivity index (χ1) is 13.6. The molecule has 28 heavy (non-hydrogen) atoms. The standard InChI is InChI=1S/C20H23N7O/c1-12-4-5-17-16(8-12)20-18(10-21-17)22-19(11-26-24-14(3)23-25-26)27(20)15-6-7-28-13(2)9-15/h4-5,8,10,13,15H,6-7,9,11H2,1-3H3/t13-,15-/m1/s1. The molecule has 1 aliphatic heterocycles. The van der Waals surface area contributed by atoms with E-state index in [1.807, 2.05) is 13.1 Å². The quantitative estimate of drug-likeness (QED) is 0.546. The molecule has 1 fully saturated rings. The zero-order valence-corrected chi connectivity index (χ0v) is 16.3. The van der Waals surface area contributed by atoms with Crippen LogP contribution in [0.3, 0.4) is 0 Å². The third-order valence-corrected chi connectivity index (χ3v) is 5.40. The Morgan fingerprint density at radius 2 is 2.11 bits per heavy atom. The molecule has 8 nitrogen and oxygen atoms in total. The predicted octanol–water partition coefficient (Wildman–Crippen LogP) is 2.98. The molecular formula is C20H23N7O. The number of pyridine rings is 1. The van der Waals surface area contributed by atoms with Crippen LogP contribution in [0.2, 0.25) is 0 Å². The van der Waals surface area contributed by atoms with Crippen LogP contribution in [0, 0.1) is 13.8 Å². The molecule has 0 bridgehead atoms. The van der Waals surface area contributed by atoms with Gasteiger partial charge < -0.3 is 9.30 Å². The maximum absolute atomic E-state index is 5.80. The van der Waals surface area contributed by atoms with E-state index in [-0.39, 0.29) is 6.10 Å². The van der Waals surface area contributed by atoms with Crippen LogP contribution >= 0.6 is 0 Å². The van der Waals surface area contributed by atoms with E-state index in [4.69, 9.17) is 9.72 Å². The van der Waals surface area contributed by atoms with Crippen LogP contribution in [-0.4, -0.2) is 47.5 Å². The Morgan fingerprint density at radius 3 is 2.89 bits per heavy atom. The highest BCUT2D eigenvalue weighted by Gasteiger charge is 2.26. The van der Waals surface area contributed by atoms with Crippen molar-refractivity contribution in [3.63, 3.8) is 0 Å². The number of aryl methyl sites for hydroxylation is 2. The van der Waals surface area contributed by atoms with E-state index in [1.165, 1.54) is 5.56 Å². The van der Waals surface area contributed by atoms with Crippen molar-refractivity contribution in [3.05, 3.63) is 41.6 Å². The summed E-state index contributed by atoms with van der Waals surface area (Å²) in [5, 5.41) is 13.6. The molecule has 8 heteroatoms. The minimum atomic E-state index is 0.227. The van der Waals surface area contributed by atoms with Gasteiger partial charge in [0, 0.05) is 18.0 Å². The number of nitrogens with zero attached hydrogens (tertiary/aromatic N) is 7. The number of fused-ring (bicyclic) bond motifs is 3. The van der Waals surface area contributed by atoms with E-state index in [0.717, 1.165) is 47.2 Å². The van der Waals surface area contributed by atoms with Gasteiger partial charge in [-0.2, -0.15) is 4.80 Å². The molecule has 5 rings (SSSR count). The van der Waals surface area contributed by atoms with Gasteiger partial charge in [-0.05, 0) is 51.0 Å². The molecule has 144 valence electrons. The molecule has 1 aliphatic rings. The molecule has 4 aromatic rings. The van der Waals surface area contributed by atoms with Gasteiger partial charge in [-0.3, -0.25) is 4.98 Å². The molecule has 1 aromatic carbocycles. The number of benzene rings is 1. The average molecular weight is 377 g/mol. The van der Waals surface area contributed by atoms with E-state index in [0.29, 0.717) is 18.4 Å². The lowest BCUT2D eigenvalue weighted by molar-refractivity contribution is 0.00617. The zero-order chi connectivity index (χ0) is 19.3. The van der Waals surface area contributed by atoms with Crippen LogP contribution in [0.4, 0.5) is 0 Å². The number of imidazole rings is 1. The predicted molar refractivity (Wildman–Crippen MR) is 105 cm³/mol. The van der Waals surface area contributed by atoms with Gasteiger partial charge >= 0.3 is 0 Å². The number of aromatic nitrogens is 7. The van der Waals surface area contributed by atoms with Gasteiger partial charge in [0.15, 0.2) is 5.82 Å². The van der Waals surface area contributed by atoms with E-state index in [1.54, 1.807) is 4.80 Å². The Balaban J connectivity index is 1.74. The molecule has 3 aromatic heterocycles. The van der Waals surface area contributed by atoms with Crippen LogP contribution in [-0.2, 0) is 11.3 Å². The summed E-state index contributed by atoms with van der Waals surface area (Å²) in [4.78, 5) is 11.2. The summed E-state index contributed by atoms with van der Waals surface area (Å²) in [6.07, 6.45) is 4.02. The van der Waals surface area contributed by atoms with Crippen molar-refractivity contribution in [2.24, 2.45) is 0 Å². The number of hydrogen-bond donors (Lipinski definition) is 0. The molecule has 1 saturated heterocycles. The topological polar surface area (TPSA) is 83.5 Å². The van der Waals surface area contributed by atoms with Crippen molar-refractivity contribution in [1.29, 1.82) is 0 Å². The fourth-order valence-electron chi connectivity index (χ4n) is 4.17. The summed E-state index contributed by atoms with van der Waals surface area (Å²) in [5.41, 5.74) is 4.24. The minimum absolute atomic E-state index is 0.227. The highest BCUT2D eigenvalue weighted by Crippen LogP contribution is 2.33. The van der Waals surface area contributed by atoms with Gasteiger partial charge in [0.25, 0.3) is 0 Å². The van der Waals surface area contributed by atoms with E-state index in [9.17, 15) is 0 Å². The van der Waals surface area contributed by atoms with Crippen LogP contribution < -0.4 is 0 Å². The number of hydrogen-bond acceptors (Lipinski definition) is 6. The Labute approximate surface area is 162 Å². The molecule has 0 unspecified atom stereocenters. The molecule has 4 heterocycles. The fourth-order valence-corrected chi connectivity index (χ4v) is 4.17. The molecule has 0 spiro atoms. The van der Waals surface area contributed by atoms with E-state index < -0.39 is 0 Å². The largest absolute Gasteiger partial charge is 0.378 e. The van der Waals surface area contributed by atoms with Crippen molar-refractivity contribution in [1.82, 2.24) is 34.7 Å². The van der Waals surface area contributed by atoms with Crippen LogP contribution in [0.1, 0.15) is 43.0 Å². The number of ether oxygens (including phenoxy) is 1. The molecule has 0 amide bonds. The van der Waals surface area contributed by atoms with Gasteiger partial charge in [-0.25, -0.2) is 4.98 Å². The van der Waals surface area contributed by atoms with Crippen molar-refractivity contribution < 1.29 is 4.74 Å². The maximum atomic E-state index is 5.80. The monoisotopic (exact) mass is 377 g/mol. The zero-order valence-electron chi connectivity index (χ0n) is 16.3. The maximum Gasteiger partial charge on any atom is 0.171 e. The summed E-state index contributed by atoms with van der Waals surface area (Å²) in [7, 11) is 0. The Hall–Kier alpha value is -2.87.